The average molecular weight is 563 g/mol. The Labute approximate surface area is 224 Å². The van der Waals surface area contributed by atoms with E-state index in [4.69, 9.17) is 15.8 Å². The van der Waals surface area contributed by atoms with Gasteiger partial charge >= 0.3 is 11.9 Å². The molecule has 12 heteroatoms. The smallest absolute Gasteiger partial charge is 0.330 e. The van der Waals surface area contributed by atoms with Crippen LogP contribution in [0.25, 0.3) is 0 Å². The fraction of sp³-hybridized carbons (Fsp3) is 0.640. The molecule has 1 amide bonds. The van der Waals surface area contributed by atoms with Crippen LogP contribution in [0.2, 0.25) is 0 Å². The number of rotatable bonds is 13. The zero-order chi connectivity index (χ0) is 28.8. The normalized spacial score (nSPS) is 14.1. The van der Waals surface area contributed by atoms with Crippen LogP contribution in [0.3, 0.4) is 0 Å². The molecule has 0 spiro atoms. The lowest BCUT2D eigenvalue weighted by Crippen LogP contribution is -2.69. The summed E-state index contributed by atoms with van der Waals surface area (Å²) in [6, 6.07) is 6.44. The Morgan fingerprint density at radius 1 is 0.973 bits per heavy atom. The minimum Gasteiger partial charge on any atom is -0.481 e. The van der Waals surface area contributed by atoms with Gasteiger partial charge in [0.2, 0.25) is 0 Å². The van der Waals surface area contributed by atoms with Crippen molar-refractivity contribution in [3.8, 4) is 0 Å². The molecular formula is C25H39ClN2O8S. The third-order valence-electron chi connectivity index (χ3n) is 6.04. The van der Waals surface area contributed by atoms with Gasteiger partial charge in [-0.1, -0.05) is 20.8 Å². The Balaban J connectivity index is 3.49. The predicted molar refractivity (Wildman–Crippen MR) is 143 cm³/mol. The van der Waals surface area contributed by atoms with E-state index in [2.05, 4.69) is 0 Å². The fourth-order valence-electron chi connectivity index (χ4n) is 4.40. The van der Waals surface area contributed by atoms with Gasteiger partial charge in [-0.15, -0.1) is 11.6 Å². The second-order valence-corrected chi connectivity index (χ2v) is 12.9. The molecule has 1 aromatic rings. The number of halogens is 1. The number of carbonyl (C=O) groups is 3. The average Bonchev–Trinajstić information content (AvgIpc) is 2.72. The van der Waals surface area contributed by atoms with Gasteiger partial charge in [-0.05, 0) is 56.9 Å². The van der Waals surface area contributed by atoms with E-state index in [1.165, 1.54) is 4.90 Å². The highest BCUT2D eigenvalue weighted by Crippen LogP contribution is 2.44. The molecule has 1 rings (SSSR count). The quantitative estimate of drug-likeness (QED) is 0.272. The molecule has 0 aliphatic heterocycles. The van der Waals surface area contributed by atoms with Gasteiger partial charge in [0, 0.05) is 42.2 Å². The molecule has 10 nitrogen and oxygen atoms in total. The van der Waals surface area contributed by atoms with Crippen LogP contribution in [-0.4, -0.2) is 84.3 Å². The SMILES string of the molecule is CC(C)(C)N(C(=O)c1ccc(N(CCCl)CCOS(C)(=O)=O)cc1)[C@@](CCC(=O)O)(C(=O)O)C(C)(C)C. The van der Waals surface area contributed by atoms with Crippen LogP contribution in [-0.2, 0) is 23.9 Å². The molecule has 0 saturated carbocycles. The van der Waals surface area contributed by atoms with Crippen molar-refractivity contribution in [1.29, 1.82) is 0 Å². The maximum Gasteiger partial charge on any atom is 0.330 e. The third-order valence-corrected chi connectivity index (χ3v) is 6.81. The molecule has 0 heterocycles. The first-order valence-electron chi connectivity index (χ1n) is 11.8. The number of benzene rings is 1. The van der Waals surface area contributed by atoms with Gasteiger partial charge in [0.05, 0.1) is 12.9 Å². The second kappa shape index (κ2) is 12.4. The van der Waals surface area contributed by atoms with Gasteiger partial charge in [0.25, 0.3) is 16.0 Å². The van der Waals surface area contributed by atoms with Gasteiger partial charge in [0.1, 0.15) is 5.54 Å². The number of carboxylic acids is 2. The minimum atomic E-state index is -3.60. The molecule has 0 radical (unpaired) electrons. The van der Waals surface area contributed by atoms with E-state index < -0.39 is 50.9 Å². The number of hydrogen-bond donors (Lipinski definition) is 2. The van der Waals surface area contributed by atoms with Crippen molar-refractivity contribution in [3.63, 3.8) is 0 Å². The van der Waals surface area contributed by atoms with Crippen molar-refractivity contribution in [2.45, 2.75) is 65.5 Å². The molecule has 1 aromatic carbocycles. The molecule has 0 unspecified atom stereocenters. The number of carboxylic acid groups (broad SMARTS) is 2. The van der Waals surface area contributed by atoms with E-state index >= 15 is 0 Å². The zero-order valence-corrected chi connectivity index (χ0v) is 24.1. The highest BCUT2D eigenvalue weighted by Gasteiger charge is 2.58. The minimum absolute atomic E-state index is 0.0789. The number of alkyl halides is 1. The summed E-state index contributed by atoms with van der Waals surface area (Å²) in [6.07, 6.45) is 0.267. The largest absolute Gasteiger partial charge is 0.481 e. The number of hydrogen-bond acceptors (Lipinski definition) is 7. The molecule has 37 heavy (non-hydrogen) atoms. The van der Waals surface area contributed by atoms with Crippen molar-refractivity contribution in [1.82, 2.24) is 4.90 Å². The summed E-state index contributed by atoms with van der Waals surface area (Å²) in [7, 11) is -3.60. The molecular weight excluding hydrogens is 524 g/mol. The lowest BCUT2D eigenvalue weighted by atomic mass is 9.67. The number of aliphatic carboxylic acids is 2. The lowest BCUT2D eigenvalue weighted by Gasteiger charge is -2.54. The molecule has 2 N–H and O–H groups in total. The fourth-order valence-corrected chi connectivity index (χ4v) is 4.98. The van der Waals surface area contributed by atoms with Gasteiger partial charge in [-0.25, -0.2) is 4.79 Å². The van der Waals surface area contributed by atoms with E-state index in [0.717, 1.165) is 6.26 Å². The molecule has 1 atom stereocenters. The van der Waals surface area contributed by atoms with E-state index in [-0.39, 0.29) is 31.0 Å². The van der Waals surface area contributed by atoms with Crippen LogP contribution in [0.1, 0.15) is 64.7 Å². The van der Waals surface area contributed by atoms with Crippen LogP contribution < -0.4 is 4.90 Å². The molecule has 0 fully saturated rings. The maximum atomic E-state index is 13.9. The predicted octanol–water partition coefficient (Wildman–Crippen LogP) is 3.68. The van der Waals surface area contributed by atoms with Gasteiger partial charge in [-0.2, -0.15) is 8.42 Å². The number of amides is 1. The Morgan fingerprint density at radius 3 is 1.89 bits per heavy atom. The van der Waals surface area contributed by atoms with Gasteiger partial charge in [-0.3, -0.25) is 13.8 Å². The summed E-state index contributed by atoms with van der Waals surface area (Å²) in [4.78, 5) is 41.3. The van der Waals surface area contributed by atoms with E-state index in [0.29, 0.717) is 12.2 Å². The third kappa shape index (κ3) is 8.58. The molecule has 0 aromatic heterocycles. The summed E-state index contributed by atoms with van der Waals surface area (Å²) >= 11 is 5.90. The monoisotopic (exact) mass is 562 g/mol. The second-order valence-electron chi connectivity index (χ2n) is 10.9. The van der Waals surface area contributed by atoms with Gasteiger partial charge < -0.3 is 20.0 Å². The number of anilines is 1. The highest BCUT2D eigenvalue weighted by molar-refractivity contribution is 7.85. The van der Waals surface area contributed by atoms with Crippen molar-refractivity contribution in [2.24, 2.45) is 5.41 Å². The Morgan fingerprint density at radius 2 is 1.51 bits per heavy atom. The molecule has 210 valence electrons. The number of nitrogens with zero attached hydrogens (tertiary/aromatic N) is 2. The first-order chi connectivity index (χ1) is 16.8. The topological polar surface area (TPSA) is 142 Å². The standard InChI is InChI=1S/C25H39ClN2O8S/c1-23(2,3)25(22(32)33,13-12-20(29)30)28(24(4,5)6)21(31)18-8-10-19(11-9-18)27(15-14-26)16-17-36-37(7,34)35/h8-11H,12-17H2,1-7H3,(H,29,30)(H,32,33)/t25-/m0/s1. The Kier molecular flexibility index (Phi) is 11.0. The van der Waals surface area contributed by atoms with Crippen LogP contribution in [0.5, 0.6) is 0 Å². The van der Waals surface area contributed by atoms with Crippen LogP contribution in [0.15, 0.2) is 24.3 Å². The van der Waals surface area contributed by atoms with E-state index in [9.17, 15) is 33.0 Å². The zero-order valence-electron chi connectivity index (χ0n) is 22.6. The first kappa shape index (κ1) is 32.7. The first-order valence-corrected chi connectivity index (χ1v) is 14.2. The summed E-state index contributed by atoms with van der Waals surface area (Å²) in [5.41, 5.74) is -2.89. The highest BCUT2D eigenvalue weighted by atomic mass is 35.5. The molecule has 0 bridgehead atoms. The van der Waals surface area contributed by atoms with Crippen molar-refractivity contribution in [3.05, 3.63) is 29.8 Å². The van der Waals surface area contributed by atoms with Crippen LogP contribution in [0.4, 0.5) is 5.69 Å². The molecule has 0 aliphatic carbocycles. The number of carbonyl (C=O) groups excluding carboxylic acids is 1. The molecule has 0 aliphatic rings. The van der Waals surface area contributed by atoms with Crippen molar-refractivity contribution >= 4 is 45.3 Å². The Hall–Kier alpha value is -2.37. The summed E-state index contributed by atoms with van der Waals surface area (Å²) in [5.74, 6) is -2.71. The Bertz CT molecular complexity index is 1060. The van der Waals surface area contributed by atoms with Gasteiger partial charge in [0.15, 0.2) is 0 Å². The van der Waals surface area contributed by atoms with Crippen LogP contribution in [0, 0.1) is 5.41 Å². The van der Waals surface area contributed by atoms with E-state index in [1.807, 2.05) is 0 Å². The van der Waals surface area contributed by atoms with Crippen molar-refractivity contribution < 1.29 is 37.2 Å². The van der Waals surface area contributed by atoms with Crippen molar-refractivity contribution in [2.75, 3.05) is 36.7 Å². The summed E-state index contributed by atoms with van der Waals surface area (Å²) < 4.78 is 27.4. The maximum absolute atomic E-state index is 13.9. The van der Waals surface area contributed by atoms with E-state index in [1.54, 1.807) is 70.7 Å². The lowest BCUT2D eigenvalue weighted by molar-refractivity contribution is -0.164. The van der Waals surface area contributed by atoms with Crippen LogP contribution >= 0.6 is 11.6 Å². The summed E-state index contributed by atoms with van der Waals surface area (Å²) in [6.45, 7) is 10.8. The molecule has 0 saturated heterocycles. The summed E-state index contributed by atoms with van der Waals surface area (Å²) in [5, 5.41) is 19.8.